The van der Waals surface area contributed by atoms with Gasteiger partial charge in [0.05, 0.1) is 5.69 Å². The molecule has 0 heterocycles. The van der Waals surface area contributed by atoms with Crippen LogP contribution >= 0.6 is 0 Å². The zero-order valence-electron chi connectivity index (χ0n) is 11.7. The highest BCUT2D eigenvalue weighted by Gasteiger charge is 2.12. The van der Waals surface area contributed by atoms with Crippen molar-refractivity contribution in [1.29, 1.82) is 0 Å². The molecular formula is C14H21FN2O2. The Morgan fingerprint density at radius 2 is 1.95 bits per heavy atom. The van der Waals surface area contributed by atoms with Crippen LogP contribution < -0.4 is 4.90 Å². The molecule has 0 bridgehead atoms. The second-order valence-electron chi connectivity index (χ2n) is 4.50. The number of carboxylic acids is 1. The summed E-state index contributed by atoms with van der Waals surface area (Å²) in [6, 6.07) is 4.86. The molecule has 19 heavy (non-hydrogen) atoms. The van der Waals surface area contributed by atoms with Crippen LogP contribution in [0.2, 0.25) is 0 Å². The van der Waals surface area contributed by atoms with Gasteiger partial charge in [-0.3, -0.25) is 9.69 Å². The highest BCUT2D eigenvalue weighted by atomic mass is 19.1. The van der Waals surface area contributed by atoms with Crippen LogP contribution in [0.4, 0.5) is 10.1 Å². The molecule has 0 fully saturated rings. The van der Waals surface area contributed by atoms with Crippen molar-refractivity contribution in [3.8, 4) is 0 Å². The van der Waals surface area contributed by atoms with Crippen molar-refractivity contribution in [2.75, 3.05) is 31.6 Å². The highest BCUT2D eigenvalue weighted by molar-refractivity contribution is 5.73. The van der Waals surface area contributed by atoms with Gasteiger partial charge in [0, 0.05) is 13.6 Å². The molecule has 4 nitrogen and oxygen atoms in total. The van der Waals surface area contributed by atoms with Crippen molar-refractivity contribution in [3.63, 3.8) is 0 Å². The molecule has 0 unspecified atom stereocenters. The van der Waals surface area contributed by atoms with E-state index < -0.39 is 11.8 Å². The number of likely N-dealkylation sites (N-methyl/N-ethyl adjacent to an activating group) is 1. The van der Waals surface area contributed by atoms with E-state index in [4.69, 9.17) is 5.11 Å². The smallest absolute Gasteiger partial charge is 0.323 e. The standard InChI is InChI=1S/C14H21FN2O2/c1-4-17(5-2)9-11-6-7-12(15)13(8-11)16(3)10-14(18)19/h6-8H,4-5,9-10H2,1-3H3,(H,18,19). The number of rotatable bonds is 7. The van der Waals surface area contributed by atoms with Gasteiger partial charge in [-0.1, -0.05) is 19.9 Å². The Labute approximate surface area is 113 Å². The molecule has 0 spiro atoms. The van der Waals surface area contributed by atoms with Gasteiger partial charge in [0.1, 0.15) is 12.4 Å². The zero-order valence-corrected chi connectivity index (χ0v) is 11.7. The van der Waals surface area contributed by atoms with Crippen LogP contribution in [0.25, 0.3) is 0 Å². The lowest BCUT2D eigenvalue weighted by molar-refractivity contribution is -0.135. The molecule has 1 aromatic rings. The van der Waals surface area contributed by atoms with Crippen LogP contribution in [0.3, 0.4) is 0 Å². The lowest BCUT2D eigenvalue weighted by Gasteiger charge is -2.21. The Balaban J connectivity index is 2.90. The maximum Gasteiger partial charge on any atom is 0.323 e. The van der Waals surface area contributed by atoms with Crippen LogP contribution in [-0.4, -0.2) is 42.7 Å². The maximum atomic E-state index is 13.7. The van der Waals surface area contributed by atoms with Crippen molar-refractivity contribution in [2.45, 2.75) is 20.4 Å². The summed E-state index contributed by atoms with van der Waals surface area (Å²) in [6.07, 6.45) is 0. The molecule has 106 valence electrons. The Kier molecular flexibility index (Phi) is 5.76. The lowest BCUT2D eigenvalue weighted by atomic mass is 10.1. The first kappa shape index (κ1) is 15.4. The number of benzene rings is 1. The summed E-state index contributed by atoms with van der Waals surface area (Å²) in [7, 11) is 1.58. The summed E-state index contributed by atoms with van der Waals surface area (Å²) >= 11 is 0. The number of carboxylic acid groups (broad SMARTS) is 1. The van der Waals surface area contributed by atoms with Gasteiger partial charge in [-0.2, -0.15) is 0 Å². The third kappa shape index (κ3) is 4.52. The van der Waals surface area contributed by atoms with E-state index in [2.05, 4.69) is 18.7 Å². The summed E-state index contributed by atoms with van der Waals surface area (Å²) in [6.45, 7) is 6.52. The van der Waals surface area contributed by atoms with Gasteiger partial charge in [-0.05, 0) is 30.8 Å². The van der Waals surface area contributed by atoms with Gasteiger partial charge in [0.2, 0.25) is 0 Å². The van der Waals surface area contributed by atoms with E-state index in [1.165, 1.54) is 11.0 Å². The molecular weight excluding hydrogens is 247 g/mol. The van der Waals surface area contributed by atoms with E-state index in [0.29, 0.717) is 5.69 Å². The molecule has 1 N–H and O–H groups in total. The predicted octanol–water partition coefficient (Wildman–Crippen LogP) is 2.19. The lowest BCUT2D eigenvalue weighted by Crippen LogP contribution is -2.26. The van der Waals surface area contributed by atoms with Gasteiger partial charge in [0.25, 0.3) is 0 Å². The van der Waals surface area contributed by atoms with E-state index >= 15 is 0 Å². The Bertz CT molecular complexity index is 433. The average molecular weight is 268 g/mol. The molecule has 1 rings (SSSR count). The van der Waals surface area contributed by atoms with Gasteiger partial charge >= 0.3 is 5.97 Å². The first-order valence-electron chi connectivity index (χ1n) is 6.41. The quantitative estimate of drug-likeness (QED) is 0.823. The minimum atomic E-state index is -0.976. The number of halogens is 1. The van der Waals surface area contributed by atoms with Crippen molar-refractivity contribution in [2.24, 2.45) is 0 Å². The van der Waals surface area contributed by atoms with Crippen LogP contribution in [0, 0.1) is 5.82 Å². The van der Waals surface area contributed by atoms with E-state index in [9.17, 15) is 9.18 Å². The number of anilines is 1. The Morgan fingerprint density at radius 3 is 2.47 bits per heavy atom. The van der Waals surface area contributed by atoms with E-state index in [-0.39, 0.29) is 6.54 Å². The van der Waals surface area contributed by atoms with Crippen LogP contribution in [0.1, 0.15) is 19.4 Å². The molecule has 0 amide bonds. The number of hydrogen-bond acceptors (Lipinski definition) is 3. The second-order valence-corrected chi connectivity index (χ2v) is 4.50. The summed E-state index contributed by atoms with van der Waals surface area (Å²) in [5, 5.41) is 8.75. The SMILES string of the molecule is CCN(CC)Cc1ccc(F)c(N(C)CC(=O)O)c1. The fraction of sp³-hybridized carbons (Fsp3) is 0.500. The molecule has 0 aliphatic heterocycles. The third-order valence-electron chi connectivity index (χ3n) is 3.09. The normalized spacial score (nSPS) is 10.8. The Morgan fingerprint density at radius 1 is 1.32 bits per heavy atom. The van der Waals surface area contributed by atoms with Crippen molar-refractivity contribution < 1.29 is 14.3 Å². The average Bonchev–Trinajstić information content (AvgIpc) is 2.36. The summed E-state index contributed by atoms with van der Waals surface area (Å²) < 4.78 is 13.7. The van der Waals surface area contributed by atoms with Crippen LogP contribution in [-0.2, 0) is 11.3 Å². The van der Waals surface area contributed by atoms with Gasteiger partial charge in [-0.25, -0.2) is 4.39 Å². The number of carbonyl (C=O) groups is 1. The first-order valence-corrected chi connectivity index (χ1v) is 6.41. The number of aliphatic carboxylic acids is 1. The molecule has 0 aliphatic carbocycles. The predicted molar refractivity (Wildman–Crippen MR) is 73.9 cm³/mol. The molecule has 0 aliphatic rings. The van der Waals surface area contributed by atoms with E-state index in [1.54, 1.807) is 19.2 Å². The van der Waals surface area contributed by atoms with E-state index in [1.807, 2.05) is 0 Å². The van der Waals surface area contributed by atoms with Gasteiger partial charge < -0.3 is 10.0 Å². The summed E-state index contributed by atoms with van der Waals surface area (Å²) in [5.74, 6) is -1.37. The first-order chi connectivity index (χ1) is 8.97. The van der Waals surface area contributed by atoms with Crippen molar-refractivity contribution >= 4 is 11.7 Å². The summed E-state index contributed by atoms with van der Waals surface area (Å²) in [5.41, 5.74) is 1.31. The highest BCUT2D eigenvalue weighted by Crippen LogP contribution is 2.20. The Hall–Kier alpha value is -1.62. The van der Waals surface area contributed by atoms with Crippen molar-refractivity contribution in [1.82, 2.24) is 4.90 Å². The molecule has 0 saturated heterocycles. The van der Waals surface area contributed by atoms with Crippen molar-refractivity contribution in [3.05, 3.63) is 29.6 Å². The summed E-state index contributed by atoms with van der Waals surface area (Å²) in [4.78, 5) is 14.3. The topological polar surface area (TPSA) is 43.8 Å². The van der Waals surface area contributed by atoms with Gasteiger partial charge in [-0.15, -0.1) is 0 Å². The minimum Gasteiger partial charge on any atom is -0.480 e. The van der Waals surface area contributed by atoms with E-state index in [0.717, 1.165) is 25.2 Å². The molecule has 0 atom stereocenters. The molecule has 0 aromatic heterocycles. The molecule has 0 radical (unpaired) electrons. The monoisotopic (exact) mass is 268 g/mol. The third-order valence-corrected chi connectivity index (χ3v) is 3.09. The molecule has 5 heteroatoms. The second kappa shape index (κ2) is 7.09. The van der Waals surface area contributed by atoms with Crippen LogP contribution in [0.5, 0.6) is 0 Å². The largest absolute Gasteiger partial charge is 0.480 e. The maximum absolute atomic E-state index is 13.7. The fourth-order valence-electron chi connectivity index (χ4n) is 1.94. The molecule has 1 aromatic carbocycles. The molecule has 0 saturated carbocycles. The van der Waals surface area contributed by atoms with Crippen LogP contribution in [0.15, 0.2) is 18.2 Å². The fourth-order valence-corrected chi connectivity index (χ4v) is 1.94. The minimum absolute atomic E-state index is 0.217. The van der Waals surface area contributed by atoms with Gasteiger partial charge in [0.15, 0.2) is 0 Å². The zero-order chi connectivity index (χ0) is 14.4. The number of nitrogens with zero attached hydrogens (tertiary/aromatic N) is 2. The number of hydrogen-bond donors (Lipinski definition) is 1.